The summed E-state index contributed by atoms with van der Waals surface area (Å²) in [5, 5.41) is 5.37. The zero-order chi connectivity index (χ0) is 22.6. The molecule has 2 aromatic carbocycles. The number of anilines is 1. The lowest BCUT2D eigenvalue weighted by Gasteiger charge is -2.14. The van der Waals surface area contributed by atoms with Crippen LogP contribution in [0.25, 0.3) is 0 Å². The zero-order valence-electron chi connectivity index (χ0n) is 17.6. The highest BCUT2D eigenvalue weighted by molar-refractivity contribution is 5.94. The Kier molecular flexibility index (Phi) is 9.22. The minimum absolute atomic E-state index is 0.0967. The monoisotopic (exact) mass is 426 g/mol. The van der Waals surface area contributed by atoms with E-state index in [2.05, 4.69) is 10.6 Å². The van der Waals surface area contributed by atoms with Gasteiger partial charge in [-0.15, -0.1) is 0 Å². The van der Waals surface area contributed by atoms with Crippen molar-refractivity contribution in [2.75, 3.05) is 18.5 Å². The van der Waals surface area contributed by atoms with Crippen LogP contribution in [0.2, 0.25) is 0 Å². The maximum atomic E-state index is 12.0. The van der Waals surface area contributed by atoms with Crippen molar-refractivity contribution in [1.82, 2.24) is 5.32 Å². The molecular formula is C23H26N2O6. The first kappa shape index (κ1) is 23.6. The number of amides is 2. The maximum Gasteiger partial charge on any atom is 0.338 e. The van der Waals surface area contributed by atoms with Crippen molar-refractivity contribution in [3.05, 3.63) is 65.7 Å². The molecule has 164 valence electrons. The van der Waals surface area contributed by atoms with Gasteiger partial charge in [-0.25, -0.2) is 4.79 Å². The SMILES string of the molecule is CCOC(=O)c1ccc(NC(=O)CCC(=O)OCC(=O)N[C@H](C)c2ccccc2)cc1. The number of esters is 2. The minimum Gasteiger partial charge on any atom is -0.462 e. The first-order valence-corrected chi connectivity index (χ1v) is 9.96. The fourth-order valence-electron chi connectivity index (χ4n) is 2.67. The molecule has 0 aromatic heterocycles. The van der Waals surface area contributed by atoms with E-state index in [-0.39, 0.29) is 31.4 Å². The molecule has 8 heteroatoms. The maximum absolute atomic E-state index is 12.0. The third-order valence-corrected chi connectivity index (χ3v) is 4.28. The van der Waals surface area contributed by atoms with E-state index in [0.29, 0.717) is 11.3 Å². The lowest BCUT2D eigenvalue weighted by molar-refractivity contribution is -0.149. The highest BCUT2D eigenvalue weighted by Crippen LogP contribution is 2.12. The number of hydrogen-bond donors (Lipinski definition) is 2. The van der Waals surface area contributed by atoms with Gasteiger partial charge in [0.1, 0.15) is 0 Å². The van der Waals surface area contributed by atoms with Crippen LogP contribution in [0.5, 0.6) is 0 Å². The molecule has 1 atom stereocenters. The van der Waals surface area contributed by atoms with Gasteiger partial charge in [-0.05, 0) is 43.7 Å². The van der Waals surface area contributed by atoms with E-state index in [1.807, 2.05) is 37.3 Å². The van der Waals surface area contributed by atoms with Crippen LogP contribution < -0.4 is 10.6 Å². The van der Waals surface area contributed by atoms with Gasteiger partial charge < -0.3 is 20.1 Å². The molecule has 0 saturated heterocycles. The van der Waals surface area contributed by atoms with Crippen LogP contribution in [0.1, 0.15) is 48.7 Å². The fourth-order valence-corrected chi connectivity index (χ4v) is 2.67. The van der Waals surface area contributed by atoms with Gasteiger partial charge in [-0.2, -0.15) is 0 Å². The van der Waals surface area contributed by atoms with Crippen molar-refractivity contribution in [3.63, 3.8) is 0 Å². The Balaban J connectivity index is 1.68. The lowest BCUT2D eigenvalue weighted by atomic mass is 10.1. The average Bonchev–Trinajstić information content (AvgIpc) is 2.77. The zero-order valence-corrected chi connectivity index (χ0v) is 17.6. The van der Waals surface area contributed by atoms with Crippen molar-refractivity contribution in [2.24, 2.45) is 0 Å². The molecule has 0 spiro atoms. The van der Waals surface area contributed by atoms with Crippen LogP contribution in [-0.4, -0.2) is 37.0 Å². The van der Waals surface area contributed by atoms with Crippen molar-refractivity contribution in [1.29, 1.82) is 0 Å². The van der Waals surface area contributed by atoms with E-state index in [1.54, 1.807) is 19.1 Å². The van der Waals surface area contributed by atoms with Crippen molar-refractivity contribution in [3.8, 4) is 0 Å². The molecule has 2 N–H and O–H groups in total. The fraction of sp³-hybridized carbons (Fsp3) is 0.304. The van der Waals surface area contributed by atoms with Crippen LogP contribution >= 0.6 is 0 Å². The molecule has 0 aliphatic carbocycles. The van der Waals surface area contributed by atoms with E-state index >= 15 is 0 Å². The molecule has 0 radical (unpaired) electrons. The molecule has 0 aliphatic heterocycles. The van der Waals surface area contributed by atoms with E-state index < -0.39 is 24.5 Å². The largest absolute Gasteiger partial charge is 0.462 e. The molecule has 2 amide bonds. The smallest absolute Gasteiger partial charge is 0.338 e. The van der Waals surface area contributed by atoms with Crippen LogP contribution in [0.4, 0.5) is 5.69 Å². The average molecular weight is 426 g/mol. The first-order valence-electron chi connectivity index (χ1n) is 9.96. The Morgan fingerprint density at radius 3 is 2.19 bits per heavy atom. The summed E-state index contributed by atoms with van der Waals surface area (Å²) < 4.78 is 9.81. The van der Waals surface area contributed by atoms with Gasteiger partial charge >= 0.3 is 11.9 Å². The molecule has 0 aliphatic rings. The predicted molar refractivity (Wildman–Crippen MR) is 114 cm³/mol. The number of benzene rings is 2. The minimum atomic E-state index is -0.643. The van der Waals surface area contributed by atoms with E-state index in [9.17, 15) is 19.2 Å². The van der Waals surface area contributed by atoms with Crippen LogP contribution in [0.15, 0.2) is 54.6 Å². The Hall–Kier alpha value is -3.68. The predicted octanol–water partition coefficient (Wildman–Crippen LogP) is 3.00. The molecule has 0 fully saturated rings. The third kappa shape index (κ3) is 8.30. The normalized spacial score (nSPS) is 11.2. The number of carbonyl (C=O) groups excluding carboxylic acids is 4. The molecule has 2 rings (SSSR count). The van der Waals surface area contributed by atoms with Gasteiger partial charge in [-0.3, -0.25) is 14.4 Å². The summed E-state index contributed by atoms with van der Waals surface area (Å²) in [6.45, 7) is 3.42. The highest BCUT2D eigenvalue weighted by Gasteiger charge is 2.13. The van der Waals surface area contributed by atoms with Crippen molar-refractivity contribution < 1.29 is 28.7 Å². The van der Waals surface area contributed by atoms with Crippen LogP contribution in [0, 0.1) is 0 Å². The van der Waals surface area contributed by atoms with Gasteiger partial charge in [0.05, 0.1) is 24.6 Å². The third-order valence-electron chi connectivity index (χ3n) is 4.28. The second-order valence-electron chi connectivity index (χ2n) is 6.71. The van der Waals surface area contributed by atoms with E-state index in [1.165, 1.54) is 12.1 Å². The van der Waals surface area contributed by atoms with Gasteiger partial charge in [0, 0.05) is 12.1 Å². The highest BCUT2D eigenvalue weighted by atomic mass is 16.5. The van der Waals surface area contributed by atoms with Gasteiger partial charge in [-0.1, -0.05) is 30.3 Å². The second-order valence-corrected chi connectivity index (χ2v) is 6.71. The number of ether oxygens (including phenoxy) is 2. The molecule has 31 heavy (non-hydrogen) atoms. The number of carbonyl (C=O) groups is 4. The number of hydrogen-bond acceptors (Lipinski definition) is 6. The Morgan fingerprint density at radius 2 is 1.55 bits per heavy atom. The van der Waals surface area contributed by atoms with E-state index in [0.717, 1.165) is 5.56 Å². The molecular weight excluding hydrogens is 400 g/mol. The molecule has 2 aromatic rings. The second kappa shape index (κ2) is 12.1. The van der Waals surface area contributed by atoms with Gasteiger partial charge in [0.2, 0.25) is 5.91 Å². The summed E-state index contributed by atoms with van der Waals surface area (Å²) in [4.78, 5) is 47.3. The molecule has 8 nitrogen and oxygen atoms in total. The summed E-state index contributed by atoms with van der Waals surface area (Å²) >= 11 is 0. The summed E-state index contributed by atoms with van der Waals surface area (Å²) in [5.74, 6) is -1.89. The molecule has 0 heterocycles. The Morgan fingerprint density at radius 1 is 0.871 bits per heavy atom. The van der Waals surface area contributed by atoms with E-state index in [4.69, 9.17) is 9.47 Å². The summed E-state index contributed by atoms with van der Waals surface area (Å²) in [7, 11) is 0. The Labute approximate surface area is 180 Å². The topological polar surface area (TPSA) is 111 Å². The van der Waals surface area contributed by atoms with Crippen molar-refractivity contribution >= 4 is 29.4 Å². The number of rotatable bonds is 10. The summed E-state index contributed by atoms with van der Waals surface area (Å²) in [6.07, 6.45) is -0.255. The standard InChI is InChI=1S/C23H26N2O6/c1-3-30-23(29)18-9-11-19(12-10-18)25-20(26)13-14-22(28)31-15-21(27)24-16(2)17-7-5-4-6-8-17/h4-12,16H,3,13-15H2,1-2H3,(H,24,27)(H,25,26)/t16-/m1/s1. The van der Waals surface area contributed by atoms with Crippen LogP contribution in [0.3, 0.4) is 0 Å². The summed E-state index contributed by atoms with van der Waals surface area (Å²) in [5.41, 5.74) is 1.80. The first-order chi connectivity index (χ1) is 14.9. The lowest BCUT2D eigenvalue weighted by Crippen LogP contribution is -2.31. The molecule has 0 bridgehead atoms. The summed E-state index contributed by atoms with van der Waals surface area (Å²) in [6, 6.07) is 15.4. The quantitative estimate of drug-likeness (QED) is 0.565. The van der Waals surface area contributed by atoms with Gasteiger partial charge in [0.25, 0.3) is 5.91 Å². The molecule has 0 saturated carbocycles. The number of nitrogens with one attached hydrogen (secondary N) is 2. The van der Waals surface area contributed by atoms with Gasteiger partial charge in [0.15, 0.2) is 6.61 Å². The molecule has 0 unspecified atom stereocenters. The Bertz CT molecular complexity index is 896. The van der Waals surface area contributed by atoms with Crippen molar-refractivity contribution in [2.45, 2.75) is 32.7 Å². The van der Waals surface area contributed by atoms with Crippen LogP contribution in [-0.2, 0) is 23.9 Å².